The Bertz CT molecular complexity index is 246. The number of ketones is 1. The number of carbonyl (C=O) groups is 1. The van der Waals surface area contributed by atoms with Crippen LogP contribution in [-0.2, 0) is 4.79 Å². The average Bonchev–Trinajstić information content (AvgIpc) is 2.03. The monoisotopic (exact) mass is 164 g/mol. The predicted molar refractivity (Wildman–Crippen MR) is 50.9 cm³/mol. The number of hydrogen-bond donors (Lipinski definition) is 0. The molecule has 1 rings (SSSR count). The summed E-state index contributed by atoms with van der Waals surface area (Å²) in [5.74, 6) is 0.636. The second kappa shape index (κ2) is 3.70. The molecule has 0 aliphatic heterocycles. The minimum absolute atomic E-state index is 0.217. The van der Waals surface area contributed by atoms with Crippen molar-refractivity contribution >= 4 is 5.78 Å². The van der Waals surface area contributed by atoms with Gasteiger partial charge in [0.1, 0.15) is 0 Å². The third kappa shape index (κ3) is 1.84. The molecule has 1 heteroatoms. The fourth-order valence-corrected chi connectivity index (χ4v) is 1.67. The van der Waals surface area contributed by atoms with E-state index in [2.05, 4.69) is 19.9 Å². The lowest BCUT2D eigenvalue weighted by molar-refractivity contribution is -0.114. The number of allylic oxidation sites excluding steroid dienone is 4. The van der Waals surface area contributed by atoms with E-state index in [0.29, 0.717) is 5.92 Å². The van der Waals surface area contributed by atoms with Gasteiger partial charge in [-0.3, -0.25) is 4.79 Å². The molecule has 12 heavy (non-hydrogen) atoms. The van der Waals surface area contributed by atoms with Crippen molar-refractivity contribution in [1.29, 1.82) is 0 Å². The van der Waals surface area contributed by atoms with Crippen molar-refractivity contribution < 1.29 is 4.79 Å². The van der Waals surface area contributed by atoms with Crippen molar-refractivity contribution in [1.82, 2.24) is 0 Å². The number of rotatable bonds is 2. The minimum Gasteiger partial charge on any atom is -0.295 e. The van der Waals surface area contributed by atoms with Crippen LogP contribution in [0.4, 0.5) is 0 Å². The Morgan fingerprint density at radius 1 is 1.58 bits per heavy atom. The molecule has 0 bridgehead atoms. The summed E-state index contributed by atoms with van der Waals surface area (Å²) in [6.07, 6.45) is 6.24. The number of Topliss-reactive ketones (excluding diaryl/α,β-unsaturated/α-hetero) is 1. The number of hydrogen-bond acceptors (Lipinski definition) is 1. The fraction of sp³-hybridized carbons (Fsp3) is 0.545. The van der Waals surface area contributed by atoms with E-state index in [-0.39, 0.29) is 5.78 Å². The van der Waals surface area contributed by atoms with Crippen molar-refractivity contribution in [3.8, 4) is 0 Å². The molecule has 0 N–H and O–H groups in total. The van der Waals surface area contributed by atoms with Crippen molar-refractivity contribution in [2.75, 3.05) is 0 Å². The van der Waals surface area contributed by atoms with Gasteiger partial charge in [-0.25, -0.2) is 0 Å². The Morgan fingerprint density at radius 3 is 2.67 bits per heavy atom. The maximum absolute atomic E-state index is 11.1. The summed E-state index contributed by atoms with van der Waals surface area (Å²) in [4.78, 5) is 11.1. The molecule has 1 aliphatic rings. The van der Waals surface area contributed by atoms with Gasteiger partial charge in [-0.15, -0.1) is 0 Å². The smallest absolute Gasteiger partial charge is 0.156 e. The SMILES string of the molecule is CCC1=CC=C(C(C)=O)C(C)C1. The molecule has 0 aromatic rings. The highest BCUT2D eigenvalue weighted by atomic mass is 16.1. The largest absolute Gasteiger partial charge is 0.295 e. The Hall–Kier alpha value is -0.850. The molecular formula is C11H16O. The first-order valence-electron chi connectivity index (χ1n) is 4.55. The zero-order valence-electron chi connectivity index (χ0n) is 8.05. The summed E-state index contributed by atoms with van der Waals surface area (Å²) in [5, 5.41) is 0. The van der Waals surface area contributed by atoms with Gasteiger partial charge in [0.15, 0.2) is 5.78 Å². The van der Waals surface area contributed by atoms with Gasteiger partial charge in [0.25, 0.3) is 0 Å². The van der Waals surface area contributed by atoms with Crippen LogP contribution >= 0.6 is 0 Å². The minimum atomic E-state index is 0.217. The topological polar surface area (TPSA) is 17.1 Å². The molecule has 0 aromatic carbocycles. The molecule has 0 aromatic heterocycles. The first kappa shape index (κ1) is 9.24. The molecule has 1 aliphatic carbocycles. The van der Waals surface area contributed by atoms with E-state index >= 15 is 0 Å². The van der Waals surface area contributed by atoms with Gasteiger partial charge in [0.05, 0.1) is 0 Å². The highest BCUT2D eigenvalue weighted by molar-refractivity contribution is 5.94. The van der Waals surface area contributed by atoms with Crippen LogP contribution in [0.1, 0.15) is 33.6 Å². The summed E-state index contributed by atoms with van der Waals surface area (Å²) >= 11 is 0. The summed E-state index contributed by atoms with van der Waals surface area (Å²) in [6, 6.07) is 0. The molecule has 66 valence electrons. The first-order chi connectivity index (χ1) is 5.65. The maximum atomic E-state index is 11.1. The number of carbonyl (C=O) groups excluding carboxylic acids is 1. The Balaban J connectivity index is 2.83. The van der Waals surface area contributed by atoms with E-state index in [1.54, 1.807) is 6.92 Å². The van der Waals surface area contributed by atoms with E-state index in [0.717, 1.165) is 18.4 Å². The lowest BCUT2D eigenvalue weighted by Crippen LogP contribution is -2.11. The second-order valence-electron chi connectivity index (χ2n) is 3.46. The second-order valence-corrected chi connectivity index (χ2v) is 3.46. The van der Waals surface area contributed by atoms with E-state index in [9.17, 15) is 4.79 Å². The summed E-state index contributed by atoms with van der Waals surface area (Å²) in [6.45, 7) is 5.92. The van der Waals surface area contributed by atoms with Crippen LogP contribution in [0.2, 0.25) is 0 Å². The average molecular weight is 164 g/mol. The van der Waals surface area contributed by atoms with Crippen LogP contribution in [0, 0.1) is 5.92 Å². The van der Waals surface area contributed by atoms with E-state index in [4.69, 9.17) is 0 Å². The predicted octanol–water partition coefficient (Wildman–Crippen LogP) is 2.88. The maximum Gasteiger partial charge on any atom is 0.156 e. The van der Waals surface area contributed by atoms with Crippen LogP contribution in [0.15, 0.2) is 23.3 Å². The van der Waals surface area contributed by atoms with Gasteiger partial charge in [-0.05, 0) is 31.3 Å². The third-order valence-electron chi connectivity index (χ3n) is 2.46. The van der Waals surface area contributed by atoms with Gasteiger partial charge in [-0.2, -0.15) is 0 Å². The molecule has 0 heterocycles. The fourth-order valence-electron chi connectivity index (χ4n) is 1.67. The van der Waals surface area contributed by atoms with Crippen LogP contribution in [-0.4, -0.2) is 5.78 Å². The van der Waals surface area contributed by atoms with Crippen LogP contribution < -0.4 is 0 Å². The molecule has 0 fully saturated rings. The van der Waals surface area contributed by atoms with Gasteiger partial charge in [0.2, 0.25) is 0 Å². The first-order valence-corrected chi connectivity index (χ1v) is 4.55. The van der Waals surface area contributed by atoms with Crippen LogP contribution in [0.5, 0.6) is 0 Å². The highest BCUT2D eigenvalue weighted by Crippen LogP contribution is 2.26. The lowest BCUT2D eigenvalue weighted by atomic mass is 9.86. The standard InChI is InChI=1S/C11H16O/c1-4-10-5-6-11(9(3)12)8(2)7-10/h5-6,8H,4,7H2,1-3H3. The van der Waals surface area contributed by atoms with Gasteiger partial charge in [-0.1, -0.05) is 31.6 Å². The Kier molecular flexibility index (Phi) is 2.85. The highest BCUT2D eigenvalue weighted by Gasteiger charge is 2.16. The van der Waals surface area contributed by atoms with Crippen molar-refractivity contribution in [3.63, 3.8) is 0 Å². The van der Waals surface area contributed by atoms with Crippen molar-refractivity contribution in [3.05, 3.63) is 23.3 Å². The van der Waals surface area contributed by atoms with E-state index < -0.39 is 0 Å². The molecule has 0 saturated heterocycles. The Labute approximate surface area is 74.2 Å². The molecule has 1 nitrogen and oxygen atoms in total. The summed E-state index contributed by atoms with van der Waals surface area (Å²) in [7, 11) is 0. The molecule has 0 radical (unpaired) electrons. The lowest BCUT2D eigenvalue weighted by Gasteiger charge is -2.18. The van der Waals surface area contributed by atoms with Crippen LogP contribution in [0.25, 0.3) is 0 Å². The van der Waals surface area contributed by atoms with E-state index in [1.165, 1.54) is 5.57 Å². The summed E-state index contributed by atoms with van der Waals surface area (Å²) in [5.41, 5.74) is 2.43. The zero-order valence-corrected chi connectivity index (χ0v) is 8.05. The summed E-state index contributed by atoms with van der Waals surface area (Å²) < 4.78 is 0. The van der Waals surface area contributed by atoms with Gasteiger partial charge >= 0.3 is 0 Å². The van der Waals surface area contributed by atoms with E-state index in [1.807, 2.05) is 6.08 Å². The van der Waals surface area contributed by atoms with Crippen molar-refractivity contribution in [2.45, 2.75) is 33.6 Å². The molecule has 0 amide bonds. The quantitative estimate of drug-likeness (QED) is 0.613. The molecule has 1 atom stereocenters. The van der Waals surface area contributed by atoms with Crippen LogP contribution in [0.3, 0.4) is 0 Å². The molecule has 0 saturated carbocycles. The van der Waals surface area contributed by atoms with Crippen molar-refractivity contribution in [2.24, 2.45) is 5.92 Å². The Morgan fingerprint density at radius 2 is 2.25 bits per heavy atom. The molecule has 1 unspecified atom stereocenters. The molecular weight excluding hydrogens is 148 g/mol. The zero-order chi connectivity index (χ0) is 9.14. The molecule has 0 spiro atoms. The van der Waals surface area contributed by atoms with Gasteiger partial charge in [0, 0.05) is 0 Å². The normalized spacial score (nSPS) is 23.1. The third-order valence-corrected chi connectivity index (χ3v) is 2.46. The van der Waals surface area contributed by atoms with Gasteiger partial charge < -0.3 is 0 Å².